The van der Waals surface area contributed by atoms with E-state index in [0.717, 1.165) is 25.8 Å². The summed E-state index contributed by atoms with van der Waals surface area (Å²) < 4.78 is 5.23. The zero-order chi connectivity index (χ0) is 12.5. The van der Waals surface area contributed by atoms with E-state index in [1.165, 1.54) is 19.3 Å². The Bertz CT molecular complexity index is 293. The minimum atomic E-state index is -0.0972. The Morgan fingerprint density at radius 3 is 2.41 bits per heavy atom. The van der Waals surface area contributed by atoms with Crippen molar-refractivity contribution in [1.82, 2.24) is 4.90 Å². The monoisotopic (exact) mass is 239 g/mol. The summed E-state index contributed by atoms with van der Waals surface area (Å²) in [6.45, 7) is 7.86. The molecule has 1 aliphatic carbocycles. The zero-order valence-electron chi connectivity index (χ0n) is 11.4. The van der Waals surface area contributed by atoms with Crippen LogP contribution in [-0.4, -0.2) is 29.7 Å². The molecule has 1 heterocycles. The molecule has 2 aliphatic rings. The second-order valence-electron chi connectivity index (χ2n) is 6.08. The summed E-state index contributed by atoms with van der Waals surface area (Å²) in [7, 11) is 0. The van der Waals surface area contributed by atoms with Gasteiger partial charge >= 0.3 is 6.09 Å². The number of amides is 1. The molecule has 0 unspecified atom stereocenters. The molecule has 3 nitrogen and oxygen atoms in total. The molecule has 1 aliphatic heterocycles. The topological polar surface area (TPSA) is 29.5 Å². The molecule has 2 rings (SSSR count). The summed E-state index contributed by atoms with van der Waals surface area (Å²) in [4.78, 5) is 14.1. The summed E-state index contributed by atoms with van der Waals surface area (Å²) in [5.74, 6) is 0. The van der Waals surface area contributed by atoms with Crippen molar-refractivity contribution in [3.8, 4) is 0 Å². The molecule has 0 N–H and O–H groups in total. The van der Waals surface area contributed by atoms with Gasteiger partial charge in [0.2, 0.25) is 0 Å². The molecule has 1 saturated carbocycles. The van der Waals surface area contributed by atoms with Crippen molar-refractivity contribution in [2.45, 2.75) is 64.8 Å². The highest BCUT2D eigenvalue weighted by Crippen LogP contribution is 2.53. The third-order valence-corrected chi connectivity index (χ3v) is 4.91. The van der Waals surface area contributed by atoms with E-state index in [4.69, 9.17) is 4.74 Å². The number of nitrogens with zero attached hydrogens (tertiary/aromatic N) is 1. The molecule has 1 amide bonds. The fourth-order valence-corrected chi connectivity index (χ4v) is 3.75. The Morgan fingerprint density at radius 1 is 1.18 bits per heavy atom. The zero-order valence-corrected chi connectivity index (χ0v) is 11.4. The van der Waals surface area contributed by atoms with Gasteiger partial charge in [0.1, 0.15) is 0 Å². The summed E-state index contributed by atoms with van der Waals surface area (Å²) in [6.07, 6.45) is 7.12. The Balaban J connectivity index is 2.24. The Hall–Kier alpha value is -0.730. The second-order valence-corrected chi connectivity index (χ2v) is 6.08. The van der Waals surface area contributed by atoms with E-state index in [0.29, 0.717) is 6.61 Å². The van der Waals surface area contributed by atoms with E-state index < -0.39 is 0 Å². The van der Waals surface area contributed by atoms with Gasteiger partial charge in [-0.1, -0.05) is 33.1 Å². The lowest BCUT2D eigenvalue weighted by Crippen LogP contribution is -2.55. The molecule has 1 saturated heterocycles. The van der Waals surface area contributed by atoms with Gasteiger partial charge in [0, 0.05) is 6.54 Å². The van der Waals surface area contributed by atoms with E-state index in [1.54, 1.807) is 0 Å². The van der Waals surface area contributed by atoms with Gasteiger partial charge in [-0.05, 0) is 31.6 Å². The molecule has 0 aromatic carbocycles. The van der Waals surface area contributed by atoms with E-state index >= 15 is 0 Å². The maximum Gasteiger partial charge on any atom is 0.410 e. The molecule has 0 atom stereocenters. The van der Waals surface area contributed by atoms with Crippen molar-refractivity contribution in [3.05, 3.63) is 0 Å². The van der Waals surface area contributed by atoms with Crippen LogP contribution < -0.4 is 0 Å². The Morgan fingerprint density at radius 2 is 1.82 bits per heavy atom. The quantitative estimate of drug-likeness (QED) is 0.700. The largest absolute Gasteiger partial charge is 0.450 e. The van der Waals surface area contributed by atoms with Gasteiger partial charge in [-0.3, -0.25) is 0 Å². The molecular formula is C14H25NO2. The first-order valence-corrected chi connectivity index (χ1v) is 6.98. The second kappa shape index (κ2) is 4.51. The lowest BCUT2D eigenvalue weighted by molar-refractivity contribution is 0.0119. The summed E-state index contributed by atoms with van der Waals surface area (Å²) in [6, 6.07) is 0. The third-order valence-electron chi connectivity index (χ3n) is 4.91. The number of rotatable bonds is 1. The molecule has 1 spiro atoms. The van der Waals surface area contributed by atoms with Crippen molar-refractivity contribution < 1.29 is 9.53 Å². The van der Waals surface area contributed by atoms with Crippen LogP contribution in [0, 0.1) is 5.41 Å². The molecule has 2 fully saturated rings. The van der Waals surface area contributed by atoms with Crippen LogP contribution in [0.5, 0.6) is 0 Å². The minimum Gasteiger partial charge on any atom is -0.450 e. The van der Waals surface area contributed by atoms with Crippen molar-refractivity contribution >= 4 is 6.09 Å². The van der Waals surface area contributed by atoms with Crippen LogP contribution in [0.1, 0.15) is 59.3 Å². The molecule has 0 aromatic heterocycles. The van der Waals surface area contributed by atoms with E-state index in [1.807, 2.05) is 11.8 Å². The van der Waals surface area contributed by atoms with Crippen LogP contribution >= 0.6 is 0 Å². The van der Waals surface area contributed by atoms with E-state index in [2.05, 4.69) is 13.8 Å². The van der Waals surface area contributed by atoms with Gasteiger partial charge in [-0.2, -0.15) is 0 Å². The average molecular weight is 239 g/mol. The van der Waals surface area contributed by atoms with Gasteiger partial charge in [0.25, 0.3) is 0 Å². The Kier molecular flexibility index (Phi) is 3.37. The standard InChI is InChI=1S/C14H25NO2/c1-4-17-12(16)15-11-10-13(2,3)14(15)8-6-5-7-9-14/h4-11H2,1-3H3. The molecule has 17 heavy (non-hydrogen) atoms. The van der Waals surface area contributed by atoms with Crippen molar-refractivity contribution in [2.24, 2.45) is 5.41 Å². The van der Waals surface area contributed by atoms with Crippen LogP contribution in [0.4, 0.5) is 4.79 Å². The fourth-order valence-electron chi connectivity index (χ4n) is 3.75. The van der Waals surface area contributed by atoms with Crippen molar-refractivity contribution in [3.63, 3.8) is 0 Å². The van der Waals surface area contributed by atoms with Crippen LogP contribution in [0.15, 0.2) is 0 Å². The van der Waals surface area contributed by atoms with Crippen molar-refractivity contribution in [1.29, 1.82) is 0 Å². The minimum absolute atomic E-state index is 0.0670. The summed E-state index contributed by atoms with van der Waals surface area (Å²) in [5, 5.41) is 0. The number of carbonyl (C=O) groups is 1. The molecule has 0 bridgehead atoms. The van der Waals surface area contributed by atoms with Gasteiger partial charge in [-0.15, -0.1) is 0 Å². The normalized spacial score (nSPS) is 26.2. The number of hydrogen-bond donors (Lipinski definition) is 0. The smallest absolute Gasteiger partial charge is 0.410 e. The molecular weight excluding hydrogens is 214 g/mol. The predicted molar refractivity (Wildman–Crippen MR) is 67.9 cm³/mol. The lowest BCUT2D eigenvalue weighted by Gasteiger charge is -2.48. The highest BCUT2D eigenvalue weighted by Gasteiger charge is 2.55. The first-order valence-electron chi connectivity index (χ1n) is 6.98. The maximum atomic E-state index is 12.1. The molecule has 98 valence electrons. The van der Waals surface area contributed by atoms with E-state index in [9.17, 15) is 4.79 Å². The number of carbonyl (C=O) groups excluding carboxylic acids is 1. The predicted octanol–water partition coefficient (Wildman–Crippen LogP) is 3.58. The summed E-state index contributed by atoms with van der Waals surface area (Å²) in [5.41, 5.74) is 0.303. The molecule has 0 radical (unpaired) electrons. The van der Waals surface area contributed by atoms with E-state index in [-0.39, 0.29) is 17.0 Å². The van der Waals surface area contributed by atoms with Crippen LogP contribution in [-0.2, 0) is 4.74 Å². The van der Waals surface area contributed by atoms with Gasteiger partial charge in [0.05, 0.1) is 12.1 Å². The van der Waals surface area contributed by atoms with Crippen LogP contribution in [0.25, 0.3) is 0 Å². The van der Waals surface area contributed by atoms with Gasteiger partial charge in [-0.25, -0.2) is 4.79 Å². The van der Waals surface area contributed by atoms with Gasteiger partial charge < -0.3 is 9.64 Å². The first kappa shape index (κ1) is 12.7. The van der Waals surface area contributed by atoms with Crippen LogP contribution in [0.2, 0.25) is 0 Å². The number of likely N-dealkylation sites (tertiary alicyclic amines) is 1. The number of hydrogen-bond acceptors (Lipinski definition) is 2. The lowest BCUT2D eigenvalue weighted by atomic mass is 9.65. The molecule has 3 heteroatoms. The Labute approximate surface area is 105 Å². The molecule has 0 aromatic rings. The average Bonchev–Trinajstić information content (AvgIpc) is 2.53. The SMILES string of the molecule is CCOC(=O)N1CCC(C)(C)C12CCCCC2. The first-order chi connectivity index (χ1) is 8.03. The number of ether oxygens (including phenoxy) is 1. The fraction of sp³-hybridized carbons (Fsp3) is 0.929. The van der Waals surface area contributed by atoms with Crippen LogP contribution in [0.3, 0.4) is 0 Å². The van der Waals surface area contributed by atoms with Crippen molar-refractivity contribution in [2.75, 3.05) is 13.2 Å². The maximum absolute atomic E-state index is 12.1. The highest BCUT2D eigenvalue weighted by molar-refractivity contribution is 5.69. The summed E-state index contributed by atoms with van der Waals surface area (Å²) >= 11 is 0. The van der Waals surface area contributed by atoms with Gasteiger partial charge in [0.15, 0.2) is 0 Å². The third kappa shape index (κ3) is 1.94. The highest BCUT2D eigenvalue weighted by atomic mass is 16.6.